The fourth-order valence-electron chi connectivity index (χ4n) is 5.50. The smallest absolute Gasteiger partial charge is 0.414 e. The summed E-state index contributed by atoms with van der Waals surface area (Å²) in [7, 11) is -1.70. The fourth-order valence-corrected chi connectivity index (χ4v) is 7.17. The molecule has 0 spiro atoms. The molecule has 2 unspecified atom stereocenters. The highest BCUT2D eigenvalue weighted by atomic mass is 32.2. The summed E-state index contributed by atoms with van der Waals surface area (Å²) < 4.78 is 34.2. The Morgan fingerprint density at radius 3 is 2.82 bits per heavy atom. The van der Waals surface area contributed by atoms with Gasteiger partial charge in [-0.1, -0.05) is 6.92 Å². The number of hydrogen-bond donors (Lipinski definition) is 0. The molecule has 2 aromatic heterocycles. The van der Waals surface area contributed by atoms with Crippen LogP contribution in [0.1, 0.15) is 56.5 Å². The molecule has 4 heterocycles. The van der Waals surface area contributed by atoms with Gasteiger partial charge in [-0.15, -0.1) is 0 Å². The zero-order chi connectivity index (χ0) is 24.0. The molecule has 3 atom stereocenters. The molecule has 1 amide bonds. The highest BCUT2D eigenvalue weighted by Crippen LogP contribution is 2.39. The van der Waals surface area contributed by atoms with Gasteiger partial charge < -0.3 is 9.30 Å². The van der Waals surface area contributed by atoms with Crippen molar-refractivity contribution in [2.24, 2.45) is 0 Å². The van der Waals surface area contributed by atoms with Crippen LogP contribution in [-0.4, -0.2) is 58.5 Å². The minimum Gasteiger partial charge on any atom is -0.452 e. The number of benzene rings is 1. The first-order valence-corrected chi connectivity index (χ1v) is 13.7. The fraction of sp³-hybridized carbons (Fsp3) is 0.542. The van der Waals surface area contributed by atoms with Gasteiger partial charge in [0.25, 0.3) is 0 Å². The van der Waals surface area contributed by atoms with Gasteiger partial charge in [-0.3, -0.25) is 9.58 Å². The van der Waals surface area contributed by atoms with Crippen LogP contribution in [0.25, 0.3) is 11.0 Å². The lowest BCUT2D eigenvalue weighted by Crippen LogP contribution is -2.42. The van der Waals surface area contributed by atoms with Gasteiger partial charge in [0, 0.05) is 36.0 Å². The summed E-state index contributed by atoms with van der Waals surface area (Å²) in [6.45, 7) is 4.77. The van der Waals surface area contributed by atoms with Crippen LogP contribution in [0.3, 0.4) is 0 Å². The lowest BCUT2D eigenvalue weighted by Gasteiger charge is -2.34. The van der Waals surface area contributed by atoms with Crippen molar-refractivity contribution in [3.8, 4) is 0 Å². The molecular formula is C24H31N5O4S. The molecular weight excluding hydrogens is 454 g/mol. The van der Waals surface area contributed by atoms with Crippen LogP contribution in [0, 0.1) is 0 Å². The van der Waals surface area contributed by atoms with E-state index in [1.807, 2.05) is 36.0 Å². The molecule has 1 fully saturated rings. The summed E-state index contributed by atoms with van der Waals surface area (Å²) in [5, 5.41) is 4.34. The van der Waals surface area contributed by atoms with Gasteiger partial charge in [0.1, 0.15) is 5.82 Å². The summed E-state index contributed by atoms with van der Waals surface area (Å²) in [5.41, 5.74) is 3.63. The first kappa shape index (κ1) is 22.9. The Balaban J connectivity index is 1.67. The van der Waals surface area contributed by atoms with Crippen LogP contribution in [-0.2, 0) is 27.5 Å². The van der Waals surface area contributed by atoms with E-state index >= 15 is 0 Å². The number of fused-ring (bicyclic) bond motifs is 3. The number of carbonyl (C=O) groups is 1. The van der Waals surface area contributed by atoms with Gasteiger partial charge in [-0.05, 0) is 50.8 Å². The molecule has 2 aliphatic heterocycles. The van der Waals surface area contributed by atoms with Crippen molar-refractivity contribution < 1.29 is 17.9 Å². The van der Waals surface area contributed by atoms with Crippen molar-refractivity contribution >= 4 is 32.7 Å². The van der Waals surface area contributed by atoms with E-state index in [-0.39, 0.29) is 35.6 Å². The largest absolute Gasteiger partial charge is 0.452 e. The van der Waals surface area contributed by atoms with Crippen molar-refractivity contribution in [2.75, 3.05) is 23.5 Å². The number of imidazole rings is 1. The molecule has 1 saturated heterocycles. The van der Waals surface area contributed by atoms with Gasteiger partial charge in [0.05, 0.1) is 41.9 Å². The quantitative estimate of drug-likeness (QED) is 0.559. The Kier molecular flexibility index (Phi) is 5.87. The molecule has 0 N–H and O–H groups in total. The molecule has 0 bridgehead atoms. The molecule has 0 aliphatic carbocycles. The van der Waals surface area contributed by atoms with Crippen LogP contribution in [0.4, 0.5) is 10.5 Å². The Morgan fingerprint density at radius 1 is 1.29 bits per heavy atom. The third kappa shape index (κ3) is 3.97. The normalized spacial score (nSPS) is 23.0. The Morgan fingerprint density at radius 2 is 2.12 bits per heavy atom. The predicted molar refractivity (Wildman–Crippen MR) is 130 cm³/mol. The van der Waals surface area contributed by atoms with Gasteiger partial charge in [-0.25, -0.2) is 18.2 Å². The van der Waals surface area contributed by atoms with Gasteiger partial charge >= 0.3 is 6.09 Å². The van der Waals surface area contributed by atoms with E-state index in [0.29, 0.717) is 13.0 Å². The van der Waals surface area contributed by atoms with Crippen LogP contribution in [0.2, 0.25) is 0 Å². The van der Waals surface area contributed by atoms with E-state index < -0.39 is 9.84 Å². The first-order valence-electron chi connectivity index (χ1n) is 11.9. The highest BCUT2D eigenvalue weighted by Gasteiger charge is 2.34. The van der Waals surface area contributed by atoms with E-state index in [1.54, 1.807) is 11.1 Å². The van der Waals surface area contributed by atoms with E-state index in [1.165, 1.54) is 7.11 Å². The summed E-state index contributed by atoms with van der Waals surface area (Å²) in [4.78, 5) is 19.4. The van der Waals surface area contributed by atoms with Gasteiger partial charge in [0.2, 0.25) is 0 Å². The first-order chi connectivity index (χ1) is 16.3. The summed E-state index contributed by atoms with van der Waals surface area (Å²) in [6, 6.07) is 5.71. The molecule has 34 heavy (non-hydrogen) atoms. The van der Waals surface area contributed by atoms with E-state index in [0.717, 1.165) is 47.4 Å². The number of aryl methyl sites for hydroxylation is 1. The molecule has 5 rings (SSSR count). The monoisotopic (exact) mass is 485 g/mol. The van der Waals surface area contributed by atoms with Gasteiger partial charge in [-0.2, -0.15) is 5.10 Å². The lowest BCUT2D eigenvalue weighted by atomic mass is 9.95. The maximum atomic E-state index is 12.6. The average molecular weight is 486 g/mol. The second kappa shape index (κ2) is 8.72. The maximum Gasteiger partial charge on any atom is 0.414 e. The number of methoxy groups -OCH3 is 1. The van der Waals surface area contributed by atoms with Crippen LogP contribution in [0.15, 0.2) is 30.6 Å². The molecule has 2 aliphatic rings. The van der Waals surface area contributed by atoms with Crippen LogP contribution in [0.5, 0.6) is 0 Å². The standard InChI is InChI=1S/C24H31N5O4S/c1-16(14-27-12-5-11-25-27)23-26-22-19-8-7-17(2)28(24(30)33-3)20(19)9-10-21(22)29(23)18-6-4-13-34(31,32)15-18/h5,9-12,16-18H,4,6-8,13-15H2,1-3H3/t16?,17-,18?/m0/s1. The summed E-state index contributed by atoms with van der Waals surface area (Å²) in [5.74, 6) is 1.26. The number of carbonyl (C=O) groups excluding carboxylic acids is 1. The number of aromatic nitrogens is 4. The second-order valence-electron chi connectivity index (χ2n) is 9.54. The highest BCUT2D eigenvalue weighted by molar-refractivity contribution is 7.91. The number of sulfone groups is 1. The molecule has 0 saturated carbocycles. The molecule has 9 nitrogen and oxygen atoms in total. The number of ether oxygens (including phenoxy) is 1. The second-order valence-corrected chi connectivity index (χ2v) is 11.8. The minimum absolute atomic E-state index is 0.0202. The summed E-state index contributed by atoms with van der Waals surface area (Å²) in [6.07, 6.45) is 6.36. The molecule has 10 heteroatoms. The van der Waals surface area contributed by atoms with Crippen molar-refractivity contribution in [2.45, 2.75) is 64.1 Å². The topological polar surface area (TPSA) is 99.3 Å². The number of anilines is 1. The predicted octanol–water partition coefficient (Wildman–Crippen LogP) is 3.69. The Labute approximate surface area is 199 Å². The van der Waals surface area contributed by atoms with Crippen molar-refractivity contribution in [1.29, 1.82) is 0 Å². The third-order valence-electron chi connectivity index (χ3n) is 7.12. The Bertz CT molecular complexity index is 1310. The SMILES string of the molecule is COC(=O)N1c2ccc3c(nc(C(C)Cn4cccn4)n3C3CCCS(=O)(=O)C3)c2CC[C@@H]1C. The van der Waals surface area contributed by atoms with Crippen molar-refractivity contribution in [1.82, 2.24) is 19.3 Å². The summed E-state index contributed by atoms with van der Waals surface area (Å²) >= 11 is 0. The Hall–Kier alpha value is -2.88. The zero-order valence-electron chi connectivity index (χ0n) is 19.8. The maximum absolute atomic E-state index is 12.6. The average Bonchev–Trinajstić information content (AvgIpc) is 3.45. The number of rotatable bonds is 4. The number of nitrogens with zero attached hydrogens (tertiary/aromatic N) is 5. The molecule has 182 valence electrons. The van der Waals surface area contributed by atoms with Gasteiger partial charge in [0.15, 0.2) is 9.84 Å². The third-order valence-corrected chi connectivity index (χ3v) is 8.92. The van der Waals surface area contributed by atoms with Crippen molar-refractivity contribution in [3.63, 3.8) is 0 Å². The zero-order valence-corrected chi connectivity index (χ0v) is 20.7. The number of amides is 1. The minimum atomic E-state index is -3.10. The lowest BCUT2D eigenvalue weighted by molar-refractivity contribution is 0.175. The molecule has 3 aromatic rings. The molecule has 1 aromatic carbocycles. The van der Waals surface area contributed by atoms with Crippen LogP contribution >= 0.6 is 0 Å². The van der Waals surface area contributed by atoms with E-state index in [2.05, 4.69) is 16.6 Å². The number of hydrogen-bond acceptors (Lipinski definition) is 6. The van der Waals surface area contributed by atoms with Crippen molar-refractivity contribution in [3.05, 3.63) is 42.0 Å². The molecule has 0 radical (unpaired) electrons. The van der Waals surface area contributed by atoms with E-state index in [4.69, 9.17) is 9.72 Å². The van der Waals surface area contributed by atoms with E-state index in [9.17, 15) is 13.2 Å². The van der Waals surface area contributed by atoms with Crippen LogP contribution < -0.4 is 4.90 Å².